The molecule has 110 valence electrons. The van der Waals surface area contributed by atoms with Crippen molar-refractivity contribution in [3.63, 3.8) is 0 Å². The molecule has 0 aliphatic heterocycles. The van der Waals surface area contributed by atoms with E-state index in [9.17, 15) is 14.9 Å². The molecule has 2 aromatic rings. The Morgan fingerprint density at radius 3 is 2.81 bits per heavy atom. The molecule has 1 aromatic carbocycles. The van der Waals surface area contributed by atoms with Gasteiger partial charge in [-0.3, -0.25) is 14.9 Å². The zero-order valence-corrected chi connectivity index (χ0v) is 11.9. The SMILES string of the molecule is O=C(NCCc1ncno1)c1cc(Cl)c(Cl)c([N+](=O)[O-])c1. The summed E-state index contributed by atoms with van der Waals surface area (Å²) in [5, 5.41) is 16.5. The molecular weight excluding hydrogens is 323 g/mol. The Balaban J connectivity index is 2.07. The van der Waals surface area contributed by atoms with Crippen LogP contribution in [0.25, 0.3) is 0 Å². The maximum atomic E-state index is 11.9. The molecule has 21 heavy (non-hydrogen) atoms. The Morgan fingerprint density at radius 1 is 1.43 bits per heavy atom. The number of nitro groups is 1. The maximum absolute atomic E-state index is 11.9. The first-order valence-corrected chi connectivity index (χ1v) is 6.42. The fraction of sp³-hybridized carbons (Fsp3) is 0.182. The van der Waals surface area contributed by atoms with E-state index in [1.165, 1.54) is 12.4 Å². The second kappa shape index (κ2) is 6.51. The Bertz CT molecular complexity index is 675. The number of hydrogen-bond donors (Lipinski definition) is 1. The number of carbonyl (C=O) groups is 1. The highest BCUT2D eigenvalue weighted by Gasteiger charge is 2.20. The van der Waals surface area contributed by atoms with Crippen LogP contribution in [0.5, 0.6) is 0 Å². The molecule has 10 heteroatoms. The molecule has 2 rings (SSSR count). The van der Waals surface area contributed by atoms with Gasteiger partial charge in [0, 0.05) is 24.6 Å². The van der Waals surface area contributed by atoms with Crippen molar-refractivity contribution in [1.82, 2.24) is 15.5 Å². The molecule has 0 unspecified atom stereocenters. The fourth-order valence-electron chi connectivity index (χ4n) is 1.53. The molecular formula is C11H8Cl2N4O4. The molecule has 0 saturated heterocycles. The zero-order valence-electron chi connectivity index (χ0n) is 10.4. The van der Waals surface area contributed by atoms with Crippen molar-refractivity contribution < 1.29 is 14.2 Å². The van der Waals surface area contributed by atoms with Crippen LogP contribution in [0.4, 0.5) is 5.69 Å². The highest BCUT2D eigenvalue weighted by atomic mass is 35.5. The van der Waals surface area contributed by atoms with Crippen molar-refractivity contribution in [1.29, 1.82) is 0 Å². The molecule has 8 nitrogen and oxygen atoms in total. The number of nitro benzene ring substituents is 1. The largest absolute Gasteiger partial charge is 0.352 e. The van der Waals surface area contributed by atoms with Crippen molar-refractivity contribution in [2.24, 2.45) is 0 Å². The smallest absolute Gasteiger partial charge is 0.290 e. The van der Waals surface area contributed by atoms with E-state index in [-0.39, 0.29) is 22.2 Å². The van der Waals surface area contributed by atoms with Crippen LogP contribution in [0.3, 0.4) is 0 Å². The number of carbonyl (C=O) groups excluding carboxylic acids is 1. The third-order valence-corrected chi connectivity index (χ3v) is 3.29. The molecule has 0 aliphatic rings. The van der Waals surface area contributed by atoms with E-state index in [4.69, 9.17) is 27.7 Å². The van der Waals surface area contributed by atoms with Crippen molar-refractivity contribution >= 4 is 34.8 Å². The average molecular weight is 331 g/mol. The van der Waals surface area contributed by atoms with E-state index >= 15 is 0 Å². The van der Waals surface area contributed by atoms with E-state index in [0.29, 0.717) is 12.3 Å². The standard InChI is InChI=1S/C11H8Cl2N4O4/c12-7-3-6(4-8(10(7)13)17(19)20)11(18)14-2-1-9-15-5-16-21-9/h3-5H,1-2H2,(H,14,18). The number of aromatic nitrogens is 2. The number of halogens is 2. The van der Waals surface area contributed by atoms with Gasteiger partial charge in [-0.2, -0.15) is 4.98 Å². The Hall–Kier alpha value is -2.19. The summed E-state index contributed by atoms with van der Waals surface area (Å²) in [5.74, 6) is -0.147. The van der Waals surface area contributed by atoms with Gasteiger partial charge >= 0.3 is 0 Å². The lowest BCUT2D eigenvalue weighted by molar-refractivity contribution is -0.384. The monoisotopic (exact) mass is 330 g/mol. The topological polar surface area (TPSA) is 111 Å². The van der Waals surface area contributed by atoms with Crippen LogP contribution >= 0.6 is 23.2 Å². The first-order chi connectivity index (χ1) is 9.99. The molecule has 0 aliphatic carbocycles. The molecule has 0 fully saturated rings. The molecule has 0 radical (unpaired) electrons. The molecule has 0 saturated carbocycles. The first kappa shape index (κ1) is 15.2. The van der Waals surface area contributed by atoms with Gasteiger partial charge in [0.1, 0.15) is 5.02 Å². The Labute approximate surface area is 128 Å². The summed E-state index contributed by atoms with van der Waals surface area (Å²) in [5.41, 5.74) is -0.382. The minimum absolute atomic E-state index is 0.0432. The number of amides is 1. The average Bonchev–Trinajstić information content (AvgIpc) is 2.94. The van der Waals surface area contributed by atoms with Crippen LogP contribution in [-0.2, 0) is 6.42 Å². The van der Waals surface area contributed by atoms with E-state index in [0.717, 1.165) is 6.07 Å². The third kappa shape index (κ3) is 3.67. The van der Waals surface area contributed by atoms with Crippen LogP contribution in [0, 0.1) is 10.1 Å². The van der Waals surface area contributed by atoms with Crippen molar-refractivity contribution in [2.75, 3.05) is 6.54 Å². The lowest BCUT2D eigenvalue weighted by Gasteiger charge is -2.05. The van der Waals surface area contributed by atoms with Gasteiger partial charge in [0.15, 0.2) is 6.33 Å². The molecule has 1 N–H and O–H groups in total. The summed E-state index contributed by atoms with van der Waals surface area (Å²) in [4.78, 5) is 25.8. The predicted molar refractivity (Wildman–Crippen MR) is 73.5 cm³/mol. The lowest BCUT2D eigenvalue weighted by Crippen LogP contribution is -2.25. The van der Waals surface area contributed by atoms with Gasteiger partial charge in [0.05, 0.1) is 9.95 Å². The quantitative estimate of drug-likeness (QED) is 0.664. The number of benzene rings is 1. The maximum Gasteiger partial charge on any atom is 0.290 e. The normalized spacial score (nSPS) is 10.4. The zero-order chi connectivity index (χ0) is 15.4. The minimum atomic E-state index is -0.705. The van der Waals surface area contributed by atoms with Gasteiger partial charge < -0.3 is 9.84 Å². The van der Waals surface area contributed by atoms with Gasteiger partial charge in [0.2, 0.25) is 5.89 Å². The van der Waals surface area contributed by atoms with Gasteiger partial charge in [-0.25, -0.2) is 0 Å². The number of nitrogens with zero attached hydrogens (tertiary/aromatic N) is 3. The lowest BCUT2D eigenvalue weighted by atomic mass is 10.2. The molecule has 0 spiro atoms. The van der Waals surface area contributed by atoms with Gasteiger partial charge in [-0.05, 0) is 6.07 Å². The molecule has 1 amide bonds. The van der Waals surface area contributed by atoms with Crippen LogP contribution in [0.2, 0.25) is 10.0 Å². The Kier molecular flexibility index (Phi) is 4.71. The summed E-state index contributed by atoms with van der Waals surface area (Å²) in [6.07, 6.45) is 1.59. The van der Waals surface area contributed by atoms with Gasteiger partial charge in [-0.1, -0.05) is 28.4 Å². The summed E-state index contributed by atoms with van der Waals surface area (Å²) in [6, 6.07) is 2.33. The van der Waals surface area contributed by atoms with E-state index in [1.807, 2.05) is 0 Å². The van der Waals surface area contributed by atoms with Crippen molar-refractivity contribution in [3.8, 4) is 0 Å². The first-order valence-electron chi connectivity index (χ1n) is 5.66. The molecule has 0 atom stereocenters. The number of nitrogens with one attached hydrogen (secondary N) is 1. The van der Waals surface area contributed by atoms with E-state index in [2.05, 4.69) is 15.5 Å². The second-order valence-corrected chi connectivity index (χ2v) is 4.67. The van der Waals surface area contributed by atoms with Crippen LogP contribution in [0.15, 0.2) is 23.0 Å². The van der Waals surface area contributed by atoms with Crippen molar-refractivity contribution in [2.45, 2.75) is 6.42 Å². The van der Waals surface area contributed by atoms with Gasteiger partial charge in [-0.15, -0.1) is 0 Å². The predicted octanol–water partition coefficient (Wildman–Crippen LogP) is 2.26. The number of rotatable bonds is 5. The summed E-state index contributed by atoms with van der Waals surface area (Å²) in [7, 11) is 0. The van der Waals surface area contributed by atoms with E-state index < -0.39 is 16.5 Å². The molecule has 1 heterocycles. The highest BCUT2D eigenvalue weighted by Crippen LogP contribution is 2.32. The molecule has 1 aromatic heterocycles. The third-order valence-electron chi connectivity index (χ3n) is 2.50. The minimum Gasteiger partial charge on any atom is -0.352 e. The highest BCUT2D eigenvalue weighted by molar-refractivity contribution is 6.43. The second-order valence-electron chi connectivity index (χ2n) is 3.89. The van der Waals surface area contributed by atoms with Crippen LogP contribution in [0.1, 0.15) is 16.2 Å². The summed E-state index contributed by atoms with van der Waals surface area (Å²) < 4.78 is 4.77. The summed E-state index contributed by atoms with van der Waals surface area (Å²) >= 11 is 11.5. The number of hydrogen-bond acceptors (Lipinski definition) is 6. The summed E-state index contributed by atoms with van der Waals surface area (Å²) in [6.45, 7) is 0.231. The van der Waals surface area contributed by atoms with Crippen molar-refractivity contribution in [3.05, 3.63) is 50.1 Å². The van der Waals surface area contributed by atoms with E-state index in [1.54, 1.807) is 0 Å². The van der Waals surface area contributed by atoms with Crippen LogP contribution < -0.4 is 5.32 Å². The fourth-order valence-corrected chi connectivity index (χ4v) is 1.92. The van der Waals surface area contributed by atoms with Gasteiger partial charge in [0.25, 0.3) is 11.6 Å². The molecule has 0 bridgehead atoms. The Morgan fingerprint density at radius 2 is 2.19 bits per heavy atom. The van der Waals surface area contributed by atoms with Crippen LogP contribution in [-0.4, -0.2) is 27.5 Å².